The zero-order chi connectivity index (χ0) is 13.2. The molecule has 1 heterocycles. The van der Waals surface area contributed by atoms with Crippen LogP contribution >= 0.6 is 0 Å². The van der Waals surface area contributed by atoms with E-state index in [4.69, 9.17) is 5.73 Å². The largest absolute Gasteiger partial charge is 0.383 e. The zero-order valence-corrected chi connectivity index (χ0v) is 10.0. The Labute approximate surface area is 104 Å². The van der Waals surface area contributed by atoms with Crippen molar-refractivity contribution in [3.05, 3.63) is 23.9 Å². The highest BCUT2D eigenvalue weighted by Gasteiger charge is 2.38. The van der Waals surface area contributed by atoms with Crippen LogP contribution < -0.4 is 5.73 Å². The van der Waals surface area contributed by atoms with Crippen LogP contribution in [0.5, 0.6) is 0 Å². The van der Waals surface area contributed by atoms with Crippen molar-refractivity contribution in [2.45, 2.75) is 38.0 Å². The number of aromatic nitrogens is 1. The third kappa shape index (κ3) is 3.03. The second-order valence-electron chi connectivity index (χ2n) is 4.84. The van der Waals surface area contributed by atoms with Gasteiger partial charge in [-0.1, -0.05) is 6.07 Å². The summed E-state index contributed by atoms with van der Waals surface area (Å²) < 4.78 is 26.5. The zero-order valence-electron chi connectivity index (χ0n) is 10.0. The summed E-state index contributed by atoms with van der Waals surface area (Å²) in [4.78, 5) is 15.9. The van der Waals surface area contributed by atoms with E-state index in [1.54, 1.807) is 12.1 Å². The van der Waals surface area contributed by atoms with Crippen LogP contribution in [0.1, 0.15) is 31.2 Å². The third-order valence-corrected chi connectivity index (χ3v) is 3.39. The minimum Gasteiger partial charge on any atom is -0.383 e. The van der Waals surface area contributed by atoms with Gasteiger partial charge in [0.15, 0.2) is 0 Å². The Morgan fingerprint density at radius 3 is 3.00 bits per heavy atom. The fourth-order valence-electron chi connectivity index (χ4n) is 2.38. The molecular formula is C13H16F2N2O. The number of nitrogen functional groups attached to an aromatic ring is 1. The molecule has 2 N–H and O–H groups in total. The number of halogens is 2. The number of pyridine rings is 1. The van der Waals surface area contributed by atoms with Crippen LogP contribution in [0.4, 0.5) is 14.6 Å². The molecule has 98 valence electrons. The molecule has 1 aromatic heterocycles. The Morgan fingerprint density at radius 2 is 2.33 bits per heavy atom. The highest BCUT2D eigenvalue weighted by atomic mass is 19.3. The van der Waals surface area contributed by atoms with E-state index in [0.717, 1.165) is 0 Å². The Kier molecular flexibility index (Phi) is 3.59. The molecule has 0 aromatic carbocycles. The van der Waals surface area contributed by atoms with Crippen LogP contribution in [0.25, 0.3) is 0 Å². The number of hydrogen-bond acceptors (Lipinski definition) is 3. The smallest absolute Gasteiger partial charge is 0.248 e. The highest BCUT2D eigenvalue weighted by Crippen LogP contribution is 2.37. The van der Waals surface area contributed by atoms with Gasteiger partial charge >= 0.3 is 0 Å². The number of carbonyl (C=O) groups excluding carboxylic acids is 1. The molecule has 1 atom stereocenters. The molecule has 1 aliphatic rings. The van der Waals surface area contributed by atoms with Gasteiger partial charge in [0.25, 0.3) is 0 Å². The van der Waals surface area contributed by atoms with Gasteiger partial charge in [-0.3, -0.25) is 4.79 Å². The molecule has 0 saturated heterocycles. The predicted octanol–water partition coefficient (Wildman–Crippen LogP) is 2.60. The molecule has 0 bridgehead atoms. The lowest BCUT2D eigenvalue weighted by atomic mass is 9.82. The number of ketones is 1. The number of nitrogens with two attached hydrogens (primary N) is 1. The Hall–Kier alpha value is -1.52. The van der Waals surface area contributed by atoms with E-state index in [-0.39, 0.29) is 25.0 Å². The Morgan fingerprint density at radius 1 is 1.56 bits per heavy atom. The SMILES string of the molecule is Nc1ncccc1CC(=O)C1CCCC(F)(F)C1. The molecule has 1 aromatic rings. The summed E-state index contributed by atoms with van der Waals surface area (Å²) in [5, 5.41) is 0. The topological polar surface area (TPSA) is 56.0 Å². The number of Topliss-reactive ketones (excluding diaryl/α,β-unsaturated/α-hetero) is 1. The summed E-state index contributed by atoms with van der Waals surface area (Å²) in [6.45, 7) is 0. The standard InChI is InChI=1S/C13H16F2N2O/c14-13(15)5-1-3-10(8-13)11(18)7-9-4-2-6-17-12(9)16/h2,4,6,10H,1,3,5,7-8H2,(H2,16,17). The molecule has 0 aliphatic heterocycles. The van der Waals surface area contributed by atoms with E-state index in [1.165, 1.54) is 6.20 Å². The molecule has 1 aliphatic carbocycles. The second-order valence-corrected chi connectivity index (χ2v) is 4.84. The molecule has 18 heavy (non-hydrogen) atoms. The van der Waals surface area contributed by atoms with Gasteiger partial charge in [-0.25, -0.2) is 13.8 Å². The summed E-state index contributed by atoms with van der Waals surface area (Å²) in [6, 6.07) is 3.40. The van der Waals surface area contributed by atoms with Gasteiger partial charge in [-0.15, -0.1) is 0 Å². The van der Waals surface area contributed by atoms with Gasteiger partial charge in [-0.05, 0) is 18.9 Å². The van der Waals surface area contributed by atoms with Crippen molar-refractivity contribution in [3.8, 4) is 0 Å². The van der Waals surface area contributed by atoms with Crippen molar-refractivity contribution in [1.29, 1.82) is 0 Å². The van der Waals surface area contributed by atoms with Crippen molar-refractivity contribution in [1.82, 2.24) is 4.98 Å². The monoisotopic (exact) mass is 254 g/mol. The van der Waals surface area contributed by atoms with Crippen LogP contribution in [0.3, 0.4) is 0 Å². The lowest BCUT2D eigenvalue weighted by Crippen LogP contribution is -2.31. The fraction of sp³-hybridized carbons (Fsp3) is 0.538. The van der Waals surface area contributed by atoms with Crippen LogP contribution in [0, 0.1) is 5.92 Å². The lowest BCUT2D eigenvalue weighted by Gasteiger charge is -2.27. The van der Waals surface area contributed by atoms with Crippen LogP contribution in [-0.4, -0.2) is 16.7 Å². The maximum Gasteiger partial charge on any atom is 0.248 e. The fourth-order valence-corrected chi connectivity index (χ4v) is 2.38. The first-order chi connectivity index (χ1) is 8.48. The number of nitrogens with zero attached hydrogens (tertiary/aromatic N) is 1. The van der Waals surface area contributed by atoms with Crippen LogP contribution in [0.15, 0.2) is 18.3 Å². The normalized spacial score (nSPS) is 22.7. The highest BCUT2D eigenvalue weighted by molar-refractivity contribution is 5.84. The molecule has 5 heteroatoms. The summed E-state index contributed by atoms with van der Waals surface area (Å²) in [7, 11) is 0. The van der Waals surface area contributed by atoms with Crippen molar-refractivity contribution >= 4 is 11.6 Å². The summed E-state index contributed by atoms with van der Waals surface area (Å²) in [5.41, 5.74) is 6.26. The molecule has 2 rings (SSSR count). The lowest BCUT2D eigenvalue weighted by molar-refractivity contribution is -0.129. The maximum absolute atomic E-state index is 13.2. The first-order valence-electron chi connectivity index (χ1n) is 6.08. The van der Waals surface area contributed by atoms with Crippen molar-refractivity contribution in [3.63, 3.8) is 0 Å². The van der Waals surface area contributed by atoms with Crippen LogP contribution in [-0.2, 0) is 11.2 Å². The third-order valence-electron chi connectivity index (χ3n) is 3.39. The molecule has 3 nitrogen and oxygen atoms in total. The summed E-state index contributed by atoms with van der Waals surface area (Å²) in [5.74, 6) is -3.10. The molecule has 1 unspecified atom stereocenters. The average Bonchev–Trinajstić information content (AvgIpc) is 2.31. The molecule has 0 spiro atoms. The maximum atomic E-state index is 13.2. The van der Waals surface area contributed by atoms with Gasteiger partial charge in [0, 0.05) is 36.9 Å². The van der Waals surface area contributed by atoms with E-state index >= 15 is 0 Å². The first-order valence-corrected chi connectivity index (χ1v) is 6.08. The molecule has 1 fully saturated rings. The summed E-state index contributed by atoms with van der Waals surface area (Å²) in [6.07, 6.45) is 2.16. The number of rotatable bonds is 3. The number of alkyl halides is 2. The Balaban J connectivity index is 2.02. The van der Waals surface area contributed by atoms with Gasteiger partial charge in [0.05, 0.1) is 0 Å². The van der Waals surface area contributed by atoms with Gasteiger partial charge in [-0.2, -0.15) is 0 Å². The molecule has 1 saturated carbocycles. The van der Waals surface area contributed by atoms with Crippen molar-refractivity contribution in [2.24, 2.45) is 5.92 Å². The van der Waals surface area contributed by atoms with Crippen molar-refractivity contribution in [2.75, 3.05) is 5.73 Å². The quantitative estimate of drug-likeness (QED) is 0.902. The molecular weight excluding hydrogens is 238 g/mol. The molecule has 0 amide bonds. The predicted molar refractivity (Wildman–Crippen MR) is 64.3 cm³/mol. The van der Waals surface area contributed by atoms with E-state index in [0.29, 0.717) is 24.2 Å². The van der Waals surface area contributed by atoms with E-state index in [1.807, 2.05) is 0 Å². The van der Waals surface area contributed by atoms with Gasteiger partial charge in [0.2, 0.25) is 5.92 Å². The number of carbonyl (C=O) groups is 1. The number of anilines is 1. The number of hydrogen-bond donors (Lipinski definition) is 1. The first kappa shape index (κ1) is 12.9. The average molecular weight is 254 g/mol. The minimum atomic E-state index is -2.70. The second kappa shape index (κ2) is 5.00. The van der Waals surface area contributed by atoms with Gasteiger partial charge in [0.1, 0.15) is 11.6 Å². The van der Waals surface area contributed by atoms with E-state index in [9.17, 15) is 13.6 Å². The molecule has 0 radical (unpaired) electrons. The van der Waals surface area contributed by atoms with E-state index in [2.05, 4.69) is 4.98 Å². The van der Waals surface area contributed by atoms with Gasteiger partial charge < -0.3 is 5.73 Å². The van der Waals surface area contributed by atoms with Crippen LogP contribution in [0.2, 0.25) is 0 Å². The van der Waals surface area contributed by atoms with Crippen molar-refractivity contribution < 1.29 is 13.6 Å². The Bertz CT molecular complexity index is 448. The minimum absolute atomic E-state index is 0.0976. The summed E-state index contributed by atoms with van der Waals surface area (Å²) >= 11 is 0. The van der Waals surface area contributed by atoms with E-state index < -0.39 is 11.8 Å².